The van der Waals surface area contributed by atoms with Crippen molar-refractivity contribution in [3.8, 4) is 5.75 Å². The first-order valence-electron chi connectivity index (χ1n) is 5.72. The van der Waals surface area contributed by atoms with Gasteiger partial charge in [0.25, 0.3) is 0 Å². The normalized spacial score (nSPS) is 11.9. The molecule has 102 valence electrons. The quantitative estimate of drug-likeness (QED) is 0.838. The molecule has 4 nitrogen and oxygen atoms in total. The van der Waals surface area contributed by atoms with E-state index in [4.69, 9.17) is 16.3 Å². The van der Waals surface area contributed by atoms with Gasteiger partial charge in [-0.3, -0.25) is 0 Å². The Balaban J connectivity index is 3.44. The van der Waals surface area contributed by atoms with E-state index in [2.05, 4.69) is 0 Å². The van der Waals surface area contributed by atoms with Crippen molar-refractivity contribution in [3.63, 3.8) is 0 Å². The third-order valence-corrected chi connectivity index (χ3v) is 5.25. The minimum atomic E-state index is -3.56. The lowest BCUT2D eigenvalue weighted by Crippen LogP contribution is -2.30. The molecule has 0 heterocycles. The van der Waals surface area contributed by atoms with E-state index in [0.717, 1.165) is 5.56 Å². The second-order valence-electron chi connectivity index (χ2n) is 3.84. The Bertz CT molecular complexity index is 524. The summed E-state index contributed by atoms with van der Waals surface area (Å²) in [5, 5.41) is 0.418. The van der Waals surface area contributed by atoms with Gasteiger partial charge in [0.2, 0.25) is 10.0 Å². The molecule has 6 heteroatoms. The Hall–Kier alpha value is -0.780. The van der Waals surface area contributed by atoms with Gasteiger partial charge in [0.05, 0.1) is 7.11 Å². The van der Waals surface area contributed by atoms with Gasteiger partial charge in [0, 0.05) is 18.1 Å². The standard InChI is InChI=1S/C12H18ClNO3S/c1-5-14(6-2)18(15,16)12-8-10(13)9(3)7-11(12)17-4/h7-8H,5-6H2,1-4H3. The molecule has 0 fully saturated rings. The zero-order valence-electron chi connectivity index (χ0n) is 11.0. The molecule has 18 heavy (non-hydrogen) atoms. The maximum Gasteiger partial charge on any atom is 0.246 e. The fourth-order valence-corrected chi connectivity index (χ4v) is 3.55. The summed E-state index contributed by atoms with van der Waals surface area (Å²) in [5.74, 6) is 0.323. The zero-order valence-corrected chi connectivity index (χ0v) is 12.6. The number of rotatable bonds is 5. The number of hydrogen-bond donors (Lipinski definition) is 0. The smallest absolute Gasteiger partial charge is 0.246 e. The molecule has 0 saturated heterocycles. The Morgan fingerprint density at radius 3 is 2.28 bits per heavy atom. The first kappa shape index (κ1) is 15.3. The van der Waals surface area contributed by atoms with Crippen molar-refractivity contribution in [2.75, 3.05) is 20.2 Å². The molecule has 1 aromatic rings. The van der Waals surface area contributed by atoms with Crippen LogP contribution in [-0.2, 0) is 10.0 Å². The third kappa shape index (κ3) is 2.79. The van der Waals surface area contributed by atoms with Crippen LogP contribution in [0.25, 0.3) is 0 Å². The molecule has 0 amide bonds. The monoisotopic (exact) mass is 291 g/mol. The molecule has 0 spiro atoms. The van der Waals surface area contributed by atoms with Crippen LogP contribution in [0.1, 0.15) is 19.4 Å². The van der Waals surface area contributed by atoms with E-state index >= 15 is 0 Å². The van der Waals surface area contributed by atoms with Gasteiger partial charge in [-0.25, -0.2) is 8.42 Å². The molecule has 0 radical (unpaired) electrons. The molecule has 0 aliphatic carbocycles. The number of benzene rings is 1. The first-order valence-corrected chi connectivity index (χ1v) is 7.54. The van der Waals surface area contributed by atoms with E-state index in [0.29, 0.717) is 23.9 Å². The molecule has 1 aromatic carbocycles. The van der Waals surface area contributed by atoms with E-state index in [-0.39, 0.29) is 4.90 Å². The van der Waals surface area contributed by atoms with Crippen LogP contribution in [0.4, 0.5) is 0 Å². The molecule has 1 rings (SSSR count). The highest BCUT2D eigenvalue weighted by Crippen LogP contribution is 2.31. The second-order valence-corrected chi connectivity index (χ2v) is 6.16. The van der Waals surface area contributed by atoms with Crippen LogP contribution in [0.15, 0.2) is 17.0 Å². The highest BCUT2D eigenvalue weighted by molar-refractivity contribution is 7.89. The van der Waals surface area contributed by atoms with E-state index in [1.165, 1.54) is 17.5 Å². The van der Waals surface area contributed by atoms with Gasteiger partial charge < -0.3 is 4.74 Å². The van der Waals surface area contributed by atoms with Gasteiger partial charge in [-0.15, -0.1) is 0 Å². The maximum absolute atomic E-state index is 12.4. The molecule has 0 aliphatic rings. The number of ether oxygens (including phenoxy) is 1. The molecule has 0 aliphatic heterocycles. The minimum absolute atomic E-state index is 0.115. The number of sulfonamides is 1. The van der Waals surface area contributed by atoms with Crippen LogP contribution in [0.2, 0.25) is 5.02 Å². The largest absolute Gasteiger partial charge is 0.495 e. The molecule has 0 N–H and O–H groups in total. The summed E-state index contributed by atoms with van der Waals surface area (Å²) >= 11 is 6.00. The highest BCUT2D eigenvalue weighted by Gasteiger charge is 2.26. The van der Waals surface area contributed by atoms with Crippen LogP contribution in [0.3, 0.4) is 0 Å². The Morgan fingerprint density at radius 1 is 1.28 bits per heavy atom. The molecule has 0 saturated carbocycles. The summed E-state index contributed by atoms with van der Waals surface area (Å²) < 4.78 is 31.4. The van der Waals surface area contributed by atoms with Gasteiger partial charge in [-0.05, 0) is 24.6 Å². The van der Waals surface area contributed by atoms with Gasteiger partial charge >= 0.3 is 0 Å². The molecule has 0 unspecified atom stereocenters. The van der Waals surface area contributed by atoms with Crippen molar-refractivity contribution in [1.82, 2.24) is 4.31 Å². The number of hydrogen-bond acceptors (Lipinski definition) is 3. The van der Waals surface area contributed by atoms with Gasteiger partial charge in [-0.1, -0.05) is 25.4 Å². The van der Waals surface area contributed by atoms with E-state index in [1.807, 2.05) is 0 Å². The third-order valence-electron chi connectivity index (χ3n) is 2.77. The predicted octanol–water partition coefficient (Wildman–Crippen LogP) is 2.69. The van der Waals surface area contributed by atoms with Crippen LogP contribution in [-0.4, -0.2) is 32.9 Å². The second kappa shape index (κ2) is 5.91. The van der Waals surface area contributed by atoms with E-state index in [9.17, 15) is 8.42 Å². The predicted molar refractivity (Wildman–Crippen MR) is 72.8 cm³/mol. The zero-order chi connectivity index (χ0) is 13.9. The first-order chi connectivity index (χ1) is 8.38. The molecule has 0 aromatic heterocycles. The molecule has 0 bridgehead atoms. The topological polar surface area (TPSA) is 46.6 Å². The van der Waals surface area contributed by atoms with Gasteiger partial charge in [0.1, 0.15) is 10.6 Å². The Labute approximate surface area is 114 Å². The summed E-state index contributed by atoms with van der Waals surface area (Å²) in [4.78, 5) is 0.115. The SMILES string of the molecule is CCN(CC)S(=O)(=O)c1cc(Cl)c(C)cc1OC. The number of aryl methyl sites for hydroxylation is 1. The van der Waals surface area contributed by atoms with Crippen molar-refractivity contribution in [2.45, 2.75) is 25.7 Å². The Morgan fingerprint density at radius 2 is 1.83 bits per heavy atom. The minimum Gasteiger partial charge on any atom is -0.495 e. The van der Waals surface area contributed by atoms with E-state index < -0.39 is 10.0 Å². The van der Waals surface area contributed by atoms with Crippen molar-refractivity contribution in [2.24, 2.45) is 0 Å². The number of halogens is 1. The van der Waals surface area contributed by atoms with Crippen LogP contribution >= 0.6 is 11.6 Å². The fourth-order valence-electron chi connectivity index (χ4n) is 1.70. The van der Waals surface area contributed by atoms with Crippen molar-refractivity contribution in [3.05, 3.63) is 22.7 Å². The Kier molecular flexibility index (Phi) is 5.01. The summed E-state index contributed by atoms with van der Waals surface area (Å²) in [6.07, 6.45) is 0. The molecular weight excluding hydrogens is 274 g/mol. The van der Waals surface area contributed by atoms with Crippen LogP contribution < -0.4 is 4.74 Å². The number of nitrogens with zero attached hydrogens (tertiary/aromatic N) is 1. The van der Waals surface area contributed by atoms with E-state index in [1.54, 1.807) is 26.8 Å². The van der Waals surface area contributed by atoms with Crippen molar-refractivity contribution >= 4 is 21.6 Å². The average Bonchev–Trinajstić information content (AvgIpc) is 2.33. The van der Waals surface area contributed by atoms with Gasteiger partial charge in [-0.2, -0.15) is 4.31 Å². The van der Waals surface area contributed by atoms with Gasteiger partial charge in [0.15, 0.2) is 0 Å². The van der Waals surface area contributed by atoms with Crippen molar-refractivity contribution in [1.29, 1.82) is 0 Å². The summed E-state index contributed by atoms with van der Waals surface area (Å²) in [7, 11) is -2.11. The summed E-state index contributed by atoms with van der Waals surface area (Å²) in [5.41, 5.74) is 0.784. The van der Waals surface area contributed by atoms with Crippen LogP contribution in [0, 0.1) is 6.92 Å². The summed E-state index contributed by atoms with van der Waals surface area (Å²) in [6, 6.07) is 3.09. The lowest BCUT2D eigenvalue weighted by molar-refractivity contribution is 0.395. The molecular formula is C12H18ClNO3S. The van der Waals surface area contributed by atoms with Crippen LogP contribution in [0.5, 0.6) is 5.75 Å². The lowest BCUT2D eigenvalue weighted by atomic mass is 10.2. The maximum atomic E-state index is 12.4. The lowest BCUT2D eigenvalue weighted by Gasteiger charge is -2.20. The molecule has 0 atom stereocenters. The highest BCUT2D eigenvalue weighted by atomic mass is 35.5. The summed E-state index contributed by atoms with van der Waals surface area (Å²) in [6.45, 7) is 6.21. The average molecular weight is 292 g/mol. The number of methoxy groups -OCH3 is 1. The van der Waals surface area contributed by atoms with Crippen molar-refractivity contribution < 1.29 is 13.2 Å². The fraction of sp³-hybridized carbons (Fsp3) is 0.500.